The summed E-state index contributed by atoms with van der Waals surface area (Å²) in [5.41, 5.74) is 12.8. The Labute approximate surface area is 64.6 Å². The van der Waals surface area contributed by atoms with Gasteiger partial charge in [0.25, 0.3) is 0 Å². The fraction of sp³-hybridized carbons (Fsp3) is 1.00. The number of hydrogen-bond donors (Lipinski definition) is 1. The van der Waals surface area contributed by atoms with Crippen LogP contribution in [-0.2, 0) is 0 Å². The van der Waals surface area contributed by atoms with Gasteiger partial charge in [-0.2, -0.15) is 0 Å². The number of halogens is 2. The van der Waals surface area contributed by atoms with Gasteiger partial charge >= 0.3 is 0 Å². The molecule has 0 aromatic rings. The number of azide groups is 1. The molecule has 0 aromatic carbocycles. The molecule has 0 fully saturated rings. The van der Waals surface area contributed by atoms with Crippen molar-refractivity contribution < 1.29 is 4.39 Å². The molecule has 1 atom stereocenters. The van der Waals surface area contributed by atoms with Gasteiger partial charge in [-0.3, -0.25) is 0 Å². The second-order valence-corrected chi connectivity index (χ2v) is 1.59. The molecule has 0 bridgehead atoms. The van der Waals surface area contributed by atoms with Crippen molar-refractivity contribution in [1.82, 2.24) is 0 Å². The van der Waals surface area contributed by atoms with Crippen molar-refractivity contribution >= 4 is 12.4 Å². The summed E-state index contributed by atoms with van der Waals surface area (Å²) in [5, 5.41) is 3.04. The largest absolute Gasteiger partial charge is 0.330 e. The summed E-state index contributed by atoms with van der Waals surface area (Å²) in [7, 11) is 0. The van der Waals surface area contributed by atoms with Crippen molar-refractivity contribution in [1.29, 1.82) is 0 Å². The van der Waals surface area contributed by atoms with Crippen molar-refractivity contribution in [3.63, 3.8) is 0 Å². The van der Waals surface area contributed by atoms with E-state index in [4.69, 9.17) is 11.3 Å². The summed E-state index contributed by atoms with van der Waals surface area (Å²) in [5.74, 6) is 0. The average molecular weight is 169 g/mol. The van der Waals surface area contributed by atoms with Crippen LogP contribution in [0.5, 0.6) is 0 Å². The lowest BCUT2D eigenvalue weighted by molar-refractivity contribution is 0.326. The second-order valence-electron chi connectivity index (χ2n) is 1.59. The Morgan fingerprint density at radius 2 is 2.30 bits per heavy atom. The Bertz CT molecular complexity index is 114. The highest BCUT2D eigenvalue weighted by atomic mass is 35.5. The minimum absolute atomic E-state index is 0. The van der Waals surface area contributed by atoms with Crippen LogP contribution in [-0.4, -0.2) is 19.3 Å². The summed E-state index contributed by atoms with van der Waals surface area (Å²) in [6, 6.07) is 0. The van der Waals surface area contributed by atoms with Gasteiger partial charge in [0.2, 0.25) is 0 Å². The highest BCUT2D eigenvalue weighted by Crippen LogP contribution is 1.95. The van der Waals surface area contributed by atoms with Crippen LogP contribution in [0.25, 0.3) is 10.4 Å². The molecule has 0 aliphatic carbocycles. The van der Waals surface area contributed by atoms with Crippen molar-refractivity contribution in [2.24, 2.45) is 10.8 Å². The molecule has 0 saturated carbocycles. The monoisotopic (exact) mass is 168 g/mol. The lowest BCUT2D eigenvalue weighted by atomic mass is 10.3. The SMILES string of the molecule is Cl.[N-]=[N+]=NCC(F)CCN. The molecule has 0 aliphatic heterocycles. The Balaban J connectivity index is 0. The lowest BCUT2D eigenvalue weighted by Crippen LogP contribution is -2.11. The van der Waals surface area contributed by atoms with E-state index in [0.29, 0.717) is 6.54 Å². The van der Waals surface area contributed by atoms with E-state index in [1.807, 2.05) is 0 Å². The molecule has 0 radical (unpaired) electrons. The van der Waals surface area contributed by atoms with Gasteiger partial charge in [0, 0.05) is 4.91 Å². The standard InChI is InChI=1S/C4H9FN4.ClH/c5-4(1-2-6)3-8-9-7;/h4H,1-3,6H2;1H. The van der Waals surface area contributed by atoms with E-state index in [-0.39, 0.29) is 25.4 Å². The summed E-state index contributed by atoms with van der Waals surface area (Å²) >= 11 is 0. The zero-order chi connectivity index (χ0) is 7.11. The van der Waals surface area contributed by atoms with E-state index in [1.165, 1.54) is 0 Å². The van der Waals surface area contributed by atoms with Crippen LogP contribution in [0.3, 0.4) is 0 Å². The van der Waals surface area contributed by atoms with E-state index in [9.17, 15) is 4.39 Å². The predicted molar refractivity (Wildman–Crippen MR) is 39.8 cm³/mol. The maximum atomic E-state index is 12.2. The first kappa shape index (κ1) is 12.2. The summed E-state index contributed by atoms with van der Waals surface area (Å²) < 4.78 is 12.2. The van der Waals surface area contributed by atoms with Crippen LogP contribution in [0.2, 0.25) is 0 Å². The molecule has 0 aromatic heterocycles. The average Bonchev–Trinajstić information content (AvgIpc) is 1.85. The minimum Gasteiger partial charge on any atom is -0.330 e. The summed E-state index contributed by atoms with van der Waals surface area (Å²) in [6.45, 7) is 0.190. The molecule has 0 rings (SSSR count). The Morgan fingerprint density at radius 1 is 1.70 bits per heavy atom. The van der Waals surface area contributed by atoms with Crippen LogP contribution < -0.4 is 5.73 Å². The topological polar surface area (TPSA) is 74.8 Å². The molecule has 0 spiro atoms. The van der Waals surface area contributed by atoms with Crippen molar-refractivity contribution in [3.8, 4) is 0 Å². The summed E-state index contributed by atoms with van der Waals surface area (Å²) in [6.07, 6.45) is -0.815. The van der Waals surface area contributed by atoms with Crippen LogP contribution >= 0.6 is 12.4 Å². The molecule has 0 saturated heterocycles. The second kappa shape index (κ2) is 8.49. The number of rotatable bonds is 4. The molecule has 0 aliphatic rings. The van der Waals surface area contributed by atoms with Gasteiger partial charge in [-0.15, -0.1) is 12.4 Å². The predicted octanol–water partition coefficient (Wildman–Crippen LogP) is 1.41. The van der Waals surface area contributed by atoms with Crippen molar-refractivity contribution in [2.75, 3.05) is 13.1 Å². The normalized spacial score (nSPS) is 11.0. The molecule has 1 unspecified atom stereocenters. The smallest absolute Gasteiger partial charge is 0.107 e. The highest BCUT2D eigenvalue weighted by molar-refractivity contribution is 5.85. The van der Waals surface area contributed by atoms with Gasteiger partial charge in [0.05, 0.1) is 6.54 Å². The molecule has 2 N–H and O–H groups in total. The van der Waals surface area contributed by atoms with Gasteiger partial charge in [-0.05, 0) is 18.5 Å². The Morgan fingerprint density at radius 3 is 2.70 bits per heavy atom. The van der Waals surface area contributed by atoms with E-state index in [2.05, 4.69) is 10.0 Å². The maximum Gasteiger partial charge on any atom is 0.107 e. The molecule has 10 heavy (non-hydrogen) atoms. The Kier molecular flexibility index (Phi) is 10.4. The first-order chi connectivity index (χ1) is 4.31. The lowest BCUT2D eigenvalue weighted by Gasteiger charge is -1.98. The molecule has 0 heterocycles. The minimum atomic E-state index is -1.08. The number of nitrogens with zero attached hydrogens (tertiary/aromatic N) is 3. The van der Waals surface area contributed by atoms with Gasteiger partial charge in [0.1, 0.15) is 6.17 Å². The first-order valence-corrected chi connectivity index (χ1v) is 2.66. The maximum absolute atomic E-state index is 12.2. The molecular formula is C4H10ClFN4. The highest BCUT2D eigenvalue weighted by Gasteiger charge is 2.00. The molecule has 4 nitrogen and oxygen atoms in total. The van der Waals surface area contributed by atoms with Crippen molar-refractivity contribution in [3.05, 3.63) is 10.4 Å². The van der Waals surface area contributed by atoms with E-state index < -0.39 is 6.17 Å². The van der Waals surface area contributed by atoms with Gasteiger partial charge in [-0.1, -0.05) is 5.11 Å². The van der Waals surface area contributed by atoms with Crippen molar-refractivity contribution in [2.45, 2.75) is 12.6 Å². The fourth-order valence-corrected chi connectivity index (χ4v) is 0.397. The third-order valence-corrected chi connectivity index (χ3v) is 0.823. The van der Waals surface area contributed by atoms with Gasteiger partial charge in [-0.25, -0.2) is 4.39 Å². The summed E-state index contributed by atoms with van der Waals surface area (Å²) in [4.78, 5) is 2.40. The van der Waals surface area contributed by atoms with Crippen LogP contribution in [0.1, 0.15) is 6.42 Å². The number of alkyl halides is 1. The molecule has 6 heteroatoms. The van der Waals surface area contributed by atoms with Gasteiger partial charge < -0.3 is 5.73 Å². The van der Waals surface area contributed by atoms with E-state index in [0.717, 1.165) is 0 Å². The molecular weight excluding hydrogens is 159 g/mol. The van der Waals surface area contributed by atoms with Crippen LogP contribution in [0.15, 0.2) is 5.11 Å². The zero-order valence-electron chi connectivity index (χ0n) is 5.40. The Hall–Kier alpha value is -0.510. The molecule has 0 amide bonds. The van der Waals surface area contributed by atoms with E-state index in [1.54, 1.807) is 0 Å². The number of nitrogens with two attached hydrogens (primary N) is 1. The molecule has 60 valence electrons. The van der Waals surface area contributed by atoms with E-state index >= 15 is 0 Å². The third-order valence-electron chi connectivity index (χ3n) is 0.823. The third kappa shape index (κ3) is 7.49. The number of hydrogen-bond acceptors (Lipinski definition) is 2. The first-order valence-electron chi connectivity index (χ1n) is 2.66. The van der Waals surface area contributed by atoms with Crippen LogP contribution in [0.4, 0.5) is 4.39 Å². The zero-order valence-corrected chi connectivity index (χ0v) is 6.22. The van der Waals surface area contributed by atoms with Crippen LogP contribution in [0, 0.1) is 0 Å². The quantitative estimate of drug-likeness (QED) is 0.385. The van der Waals surface area contributed by atoms with Gasteiger partial charge in [0.15, 0.2) is 0 Å². The fourth-order valence-electron chi connectivity index (χ4n) is 0.397.